The fraction of sp³-hybridized carbons (Fsp3) is 0.176. The Bertz CT molecular complexity index is 733. The molecule has 3 N–H and O–H groups in total. The van der Waals surface area contributed by atoms with Gasteiger partial charge in [-0.15, -0.1) is 0 Å². The zero-order valence-electron chi connectivity index (χ0n) is 12.7. The summed E-state index contributed by atoms with van der Waals surface area (Å²) < 4.78 is 0. The van der Waals surface area contributed by atoms with Crippen LogP contribution in [0.15, 0.2) is 42.5 Å². The molecule has 0 radical (unpaired) electrons. The van der Waals surface area contributed by atoms with E-state index in [9.17, 15) is 14.7 Å². The smallest absolute Gasteiger partial charge is 0.242 e. The maximum atomic E-state index is 11.8. The standard InChI is InChI=1S/C17H16Cl2N2O3/c18-14-7-3-12(9-15(14)19)10-17(24)21-20-16(23)8-4-11-1-5-13(22)6-2-11/h1-3,5-7,9,22H,4,8,10H2,(H,20,23)(H,21,24). The van der Waals surface area contributed by atoms with Crippen molar-refractivity contribution < 1.29 is 14.7 Å². The summed E-state index contributed by atoms with van der Waals surface area (Å²) in [6.07, 6.45) is 0.807. The zero-order chi connectivity index (χ0) is 17.5. The van der Waals surface area contributed by atoms with Gasteiger partial charge >= 0.3 is 0 Å². The van der Waals surface area contributed by atoms with E-state index in [1.807, 2.05) is 0 Å². The SMILES string of the molecule is O=C(CCc1ccc(O)cc1)NNC(=O)Cc1ccc(Cl)c(Cl)c1. The van der Waals surface area contributed by atoms with Gasteiger partial charge in [-0.3, -0.25) is 20.4 Å². The molecule has 0 heterocycles. The van der Waals surface area contributed by atoms with Gasteiger partial charge in [0.25, 0.3) is 0 Å². The van der Waals surface area contributed by atoms with Gasteiger partial charge in [0.05, 0.1) is 16.5 Å². The molecule has 2 rings (SSSR count). The van der Waals surface area contributed by atoms with E-state index < -0.39 is 0 Å². The van der Waals surface area contributed by atoms with Crippen molar-refractivity contribution in [3.63, 3.8) is 0 Å². The van der Waals surface area contributed by atoms with Crippen molar-refractivity contribution in [2.75, 3.05) is 0 Å². The molecule has 0 spiro atoms. The number of benzene rings is 2. The number of carbonyl (C=O) groups is 2. The van der Waals surface area contributed by atoms with E-state index in [1.54, 1.807) is 42.5 Å². The summed E-state index contributed by atoms with van der Waals surface area (Å²) in [7, 11) is 0. The Morgan fingerprint density at radius 1 is 0.875 bits per heavy atom. The maximum absolute atomic E-state index is 11.8. The Morgan fingerprint density at radius 3 is 2.17 bits per heavy atom. The molecular formula is C17H16Cl2N2O3. The molecule has 0 bridgehead atoms. The number of nitrogens with one attached hydrogen (secondary N) is 2. The predicted octanol–water partition coefficient (Wildman–Crippen LogP) is 3.02. The van der Waals surface area contributed by atoms with Crippen LogP contribution in [0.2, 0.25) is 10.0 Å². The molecule has 0 unspecified atom stereocenters. The zero-order valence-corrected chi connectivity index (χ0v) is 14.2. The Morgan fingerprint density at radius 2 is 1.50 bits per heavy atom. The van der Waals surface area contributed by atoms with Crippen molar-refractivity contribution in [3.05, 3.63) is 63.6 Å². The van der Waals surface area contributed by atoms with E-state index in [0.29, 0.717) is 22.0 Å². The molecule has 0 aliphatic heterocycles. The quantitative estimate of drug-likeness (QED) is 0.711. The van der Waals surface area contributed by atoms with Gasteiger partial charge in [0.15, 0.2) is 0 Å². The number of rotatable bonds is 5. The van der Waals surface area contributed by atoms with Crippen LogP contribution >= 0.6 is 23.2 Å². The summed E-state index contributed by atoms with van der Waals surface area (Å²) in [5.74, 6) is -0.477. The van der Waals surface area contributed by atoms with Gasteiger partial charge < -0.3 is 5.11 Å². The molecule has 0 aliphatic rings. The molecule has 0 aromatic heterocycles. The van der Waals surface area contributed by atoms with Gasteiger partial charge in [-0.2, -0.15) is 0 Å². The number of halogens is 2. The van der Waals surface area contributed by atoms with E-state index in [2.05, 4.69) is 10.9 Å². The Kier molecular flexibility index (Phi) is 6.46. The highest BCUT2D eigenvalue weighted by Crippen LogP contribution is 2.22. The molecule has 2 amide bonds. The minimum absolute atomic E-state index is 0.0785. The molecule has 7 heteroatoms. The van der Waals surface area contributed by atoms with E-state index in [-0.39, 0.29) is 30.4 Å². The van der Waals surface area contributed by atoms with Crippen molar-refractivity contribution in [1.82, 2.24) is 10.9 Å². The Labute approximate surface area is 149 Å². The molecule has 2 aromatic rings. The van der Waals surface area contributed by atoms with Gasteiger partial charge in [-0.25, -0.2) is 0 Å². The van der Waals surface area contributed by atoms with Gasteiger partial charge in [0.2, 0.25) is 11.8 Å². The monoisotopic (exact) mass is 366 g/mol. The van der Waals surface area contributed by atoms with E-state index >= 15 is 0 Å². The first-order valence-corrected chi connectivity index (χ1v) is 7.99. The topological polar surface area (TPSA) is 78.4 Å². The van der Waals surface area contributed by atoms with Crippen LogP contribution in [0.25, 0.3) is 0 Å². The maximum Gasteiger partial charge on any atom is 0.242 e. The molecule has 2 aromatic carbocycles. The van der Waals surface area contributed by atoms with Crippen molar-refractivity contribution in [2.45, 2.75) is 19.3 Å². The van der Waals surface area contributed by atoms with Crippen molar-refractivity contribution in [1.29, 1.82) is 0 Å². The Balaban J connectivity index is 1.73. The van der Waals surface area contributed by atoms with Gasteiger partial charge in [0.1, 0.15) is 5.75 Å². The first kappa shape index (κ1) is 18.1. The third-order valence-corrected chi connectivity index (χ3v) is 4.01. The minimum atomic E-state index is -0.355. The second kappa shape index (κ2) is 8.57. The molecule has 126 valence electrons. The van der Waals surface area contributed by atoms with Crippen LogP contribution in [0.3, 0.4) is 0 Å². The molecule has 0 saturated heterocycles. The highest BCUT2D eigenvalue weighted by molar-refractivity contribution is 6.42. The lowest BCUT2D eigenvalue weighted by molar-refractivity contribution is -0.128. The highest BCUT2D eigenvalue weighted by Gasteiger charge is 2.08. The van der Waals surface area contributed by atoms with Crippen LogP contribution in [0, 0.1) is 0 Å². The fourth-order valence-electron chi connectivity index (χ4n) is 2.00. The van der Waals surface area contributed by atoms with E-state index in [0.717, 1.165) is 5.56 Å². The first-order chi connectivity index (χ1) is 11.4. The number of hydrazine groups is 1. The van der Waals surface area contributed by atoms with Crippen molar-refractivity contribution in [3.8, 4) is 5.75 Å². The number of aromatic hydroxyl groups is 1. The van der Waals surface area contributed by atoms with Crippen LogP contribution in [-0.2, 0) is 22.4 Å². The lowest BCUT2D eigenvalue weighted by Crippen LogP contribution is -2.42. The first-order valence-electron chi connectivity index (χ1n) is 7.23. The van der Waals surface area contributed by atoms with E-state index in [1.165, 1.54) is 0 Å². The average Bonchev–Trinajstić information content (AvgIpc) is 2.56. The van der Waals surface area contributed by atoms with Crippen LogP contribution in [0.5, 0.6) is 5.75 Å². The predicted molar refractivity (Wildman–Crippen MR) is 92.9 cm³/mol. The van der Waals surface area contributed by atoms with Gasteiger partial charge in [-0.1, -0.05) is 41.4 Å². The van der Waals surface area contributed by atoms with E-state index in [4.69, 9.17) is 23.2 Å². The summed E-state index contributed by atoms with van der Waals surface area (Å²) in [6.45, 7) is 0. The minimum Gasteiger partial charge on any atom is -0.508 e. The summed E-state index contributed by atoms with van der Waals surface area (Å²) >= 11 is 11.7. The molecule has 24 heavy (non-hydrogen) atoms. The number of phenols is 1. The summed E-state index contributed by atoms with van der Waals surface area (Å²) in [5, 5.41) is 9.99. The normalized spacial score (nSPS) is 10.2. The third kappa shape index (κ3) is 5.76. The third-order valence-electron chi connectivity index (χ3n) is 3.27. The van der Waals surface area contributed by atoms with Gasteiger partial charge in [0, 0.05) is 6.42 Å². The average molecular weight is 367 g/mol. The largest absolute Gasteiger partial charge is 0.508 e. The molecule has 0 aliphatic carbocycles. The number of carbonyl (C=O) groups excluding carboxylic acids is 2. The molecule has 0 saturated carbocycles. The second-order valence-electron chi connectivity index (χ2n) is 5.19. The van der Waals surface area contributed by atoms with Gasteiger partial charge in [-0.05, 0) is 41.8 Å². The molecule has 0 fully saturated rings. The summed E-state index contributed by atoms with van der Waals surface area (Å²) in [6, 6.07) is 11.5. The Hall–Kier alpha value is -2.24. The summed E-state index contributed by atoms with van der Waals surface area (Å²) in [5.41, 5.74) is 6.34. The van der Waals surface area contributed by atoms with Crippen molar-refractivity contribution >= 4 is 35.0 Å². The second-order valence-corrected chi connectivity index (χ2v) is 6.00. The van der Waals surface area contributed by atoms with Crippen LogP contribution in [-0.4, -0.2) is 16.9 Å². The highest BCUT2D eigenvalue weighted by atomic mass is 35.5. The van der Waals surface area contributed by atoms with Crippen LogP contribution < -0.4 is 10.9 Å². The van der Waals surface area contributed by atoms with Crippen LogP contribution in [0.4, 0.5) is 0 Å². The fourth-order valence-corrected chi connectivity index (χ4v) is 2.32. The molecule has 0 atom stereocenters. The number of hydrogen-bond donors (Lipinski definition) is 3. The lowest BCUT2D eigenvalue weighted by Gasteiger charge is -2.08. The lowest BCUT2D eigenvalue weighted by atomic mass is 10.1. The number of hydrogen-bond acceptors (Lipinski definition) is 3. The van der Waals surface area contributed by atoms with Crippen LogP contribution in [0.1, 0.15) is 17.5 Å². The number of phenolic OH excluding ortho intramolecular Hbond substituents is 1. The molecular weight excluding hydrogens is 351 g/mol. The van der Waals surface area contributed by atoms with Crippen molar-refractivity contribution in [2.24, 2.45) is 0 Å². The molecule has 5 nitrogen and oxygen atoms in total. The number of amides is 2. The number of aryl methyl sites for hydroxylation is 1. The summed E-state index contributed by atoms with van der Waals surface area (Å²) in [4.78, 5) is 23.5.